The van der Waals surface area contributed by atoms with Crippen molar-refractivity contribution in [2.24, 2.45) is 0 Å². The SMILES string of the molecule is COC(=O)C1CCCCN1C(=O)CCc1cccc(N)c1. The van der Waals surface area contributed by atoms with Gasteiger partial charge in [-0.25, -0.2) is 4.79 Å². The number of nitrogens with zero attached hydrogens (tertiary/aromatic N) is 1. The van der Waals surface area contributed by atoms with E-state index in [-0.39, 0.29) is 11.9 Å². The standard InChI is InChI=1S/C16H22N2O3/c1-21-16(20)14-7-2-3-10-18(14)15(19)9-8-12-5-4-6-13(17)11-12/h4-6,11,14H,2-3,7-10,17H2,1H3. The smallest absolute Gasteiger partial charge is 0.328 e. The number of likely N-dealkylation sites (tertiary alicyclic amines) is 1. The van der Waals surface area contributed by atoms with Gasteiger partial charge in [0, 0.05) is 18.7 Å². The highest BCUT2D eigenvalue weighted by molar-refractivity contribution is 5.84. The van der Waals surface area contributed by atoms with Gasteiger partial charge in [-0.3, -0.25) is 4.79 Å². The van der Waals surface area contributed by atoms with Crippen LogP contribution in [0.25, 0.3) is 0 Å². The van der Waals surface area contributed by atoms with E-state index in [4.69, 9.17) is 10.5 Å². The molecule has 0 spiro atoms. The van der Waals surface area contributed by atoms with E-state index in [9.17, 15) is 9.59 Å². The van der Waals surface area contributed by atoms with Crippen molar-refractivity contribution in [2.75, 3.05) is 19.4 Å². The molecule has 0 saturated carbocycles. The van der Waals surface area contributed by atoms with Crippen LogP contribution in [0.5, 0.6) is 0 Å². The van der Waals surface area contributed by atoms with Gasteiger partial charge in [0.2, 0.25) is 5.91 Å². The van der Waals surface area contributed by atoms with Crippen LogP contribution in [0.4, 0.5) is 5.69 Å². The molecule has 2 N–H and O–H groups in total. The maximum Gasteiger partial charge on any atom is 0.328 e. The van der Waals surface area contributed by atoms with E-state index in [1.54, 1.807) is 4.90 Å². The molecule has 1 unspecified atom stereocenters. The molecule has 1 aliphatic heterocycles. The van der Waals surface area contributed by atoms with Crippen molar-refractivity contribution in [3.05, 3.63) is 29.8 Å². The summed E-state index contributed by atoms with van der Waals surface area (Å²) in [5.74, 6) is -0.306. The first-order chi connectivity index (χ1) is 10.1. The summed E-state index contributed by atoms with van der Waals surface area (Å²) in [6.45, 7) is 0.634. The number of anilines is 1. The number of carbonyl (C=O) groups excluding carboxylic acids is 2. The average molecular weight is 290 g/mol. The molecule has 1 aromatic rings. The Kier molecular flexibility index (Phi) is 5.20. The van der Waals surface area contributed by atoms with Gasteiger partial charge in [-0.05, 0) is 43.4 Å². The second-order valence-electron chi connectivity index (χ2n) is 5.37. The monoisotopic (exact) mass is 290 g/mol. The van der Waals surface area contributed by atoms with Gasteiger partial charge < -0.3 is 15.4 Å². The first-order valence-corrected chi connectivity index (χ1v) is 7.33. The summed E-state index contributed by atoms with van der Waals surface area (Å²) < 4.78 is 4.80. The lowest BCUT2D eigenvalue weighted by molar-refractivity contribution is -0.154. The Morgan fingerprint density at radius 2 is 2.19 bits per heavy atom. The van der Waals surface area contributed by atoms with Gasteiger partial charge in [-0.15, -0.1) is 0 Å². The largest absolute Gasteiger partial charge is 0.467 e. The Hall–Kier alpha value is -2.04. The molecule has 1 fully saturated rings. The molecule has 0 bridgehead atoms. The van der Waals surface area contributed by atoms with Crippen LogP contribution in [0.15, 0.2) is 24.3 Å². The van der Waals surface area contributed by atoms with Crippen LogP contribution in [-0.4, -0.2) is 36.5 Å². The number of methoxy groups -OCH3 is 1. The number of benzene rings is 1. The van der Waals surface area contributed by atoms with Gasteiger partial charge in [0.25, 0.3) is 0 Å². The van der Waals surface area contributed by atoms with E-state index < -0.39 is 6.04 Å². The van der Waals surface area contributed by atoms with Crippen LogP contribution in [0.3, 0.4) is 0 Å². The van der Waals surface area contributed by atoms with Gasteiger partial charge in [-0.2, -0.15) is 0 Å². The Bertz CT molecular complexity index is 516. The normalized spacial score (nSPS) is 18.3. The molecule has 1 aliphatic rings. The Balaban J connectivity index is 1.96. The maximum absolute atomic E-state index is 12.4. The van der Waals surface area contributed by atoms with Gasteiger partial charge >= 0.3 is 5.97 Å². The summed E-state index contributed by atoms with van der Waals surface area (Å²) in [5, 5.41) is 0. The molecule has 114 valence electrons. The van der Waals surface area contributed by atoms with E-state index >= 15 is 0 Å². The highest BCUT2D eigenvalue weighted by atomic mass is 16.5. The number of carbonyl (C=O) groups is 2. The Morgan fingerprint density at radius 1 is 1.38 bits per heavy atom. The fourth-order valence-corrected chi connectivity index (χ4v) is 2.75. The minimum atomic E-state index is -0.419. The predicted octanol–water partition coefficient (Wildman–Crippen LogP) is 1.76. The van der Waals surface area contributed by atoms with Gasteiger partial charge in [0.15, 0.2) is 0 Å². The summed E-state index contributed by atoms with van der Waals surface area (Å²) in [5.41, 5.74) is 7.47. The fraction of sp³-hybridized carbons (Fsp3) is 0.500. The van der Waals surface area contributed by atoms with E-state index in [0.29, 0.717) is 31.5 Å². The molecule has 0 aliphatic carbocycles. The molecule has 5 heteroatoms. The number of amides is 1. The number of esters is 1. The molecule has 1 heterocycles. The molecule has 21 heavy (non-hydrogen) atoms. The number of rotatable bonds is 4. The summed E-state index contributed by atoms with van der Waals surface area (Å²) in [6.07, 6.45) is 3.61. The lowest BCUT2D eigenvalue weighted by atomic mass is 10.0. The predicted molar refractivity (Wildman–Crippen MR) is 80.5 cm³/mol. The highest BCUT2D eigenvalue weighted by Gasteiger charge is 2.32. The van der Waals surface area contributed by atoms with Crippen molar-refractivity contribution in [2.45, 2.75) is 38.1 Å². The second-order valence-corrected chi connectivity index (χ2v) is 5.37. The first-order valence-electron chi connectivity index (χ1n) is 7.33. The van der Waals surface area contributed by atoms with Crippen molar-refractivity contribution in [3.63, 3.8) is 0 Å². The summed E-state index contributed by atoms with van der Waals surface area (Å²) in [4.78, 5) is 25.8. The quantitative estimate of drug-likeness (QED) is 0.677. The molecular weight excluding hydrogens is 268 g/mol. The summed E-state index contributed by atoms with van der Waals surface area (Å²) in [6, 6.07) is 7.12. The third-order valence-corrected chi connectivity index (χ3v) is 3.87. The number of aryl methyl sites for hydroxylation is 1. The van der Waals surface area contributed by atoms with Crippen molar-refractivity contribution < 1.29 is 14.3 Å². The van der Waals surface area contributed by atoms with Crippen LogP contribution >= 0.6 is 0 Å². The molecule has 0 aromatic heterocycles. The number of nitrogens with two attached hydrogens (primary N) is 1. The van der Waals surface area contributed by atoms with Gasteiger partial charge in [0.05, 0.1) is 7.11 Å². The molecule has 1 saturated heterocycles. The molecule has 0 radical (unpaired) electrons. The number of hydrogen-bond donors (Lipinski definition) is 1. The molecular formula is C16H22N2O3. The van der Waals surface area contributed by atoms with Crippen LogP contribution in [0, 0.1) is 0 Å². The number of piperidine rings is 1. The van der Waals surface area contributed by atoms with E-state index in [1.165, 1.54) is 7.11 Å². The van der Waals surface area contributed by atoms with Crippen molar-refractivity contribution in [3.8, 4) is 0 Å². The molecule has 1 aromatic carbocycles. The van der Waals surface area contributed by atoms with E-state index in [2.05, 4.69) is 0 Å². The lowest BCUT2D eigenvalue weighted by Crippen LogP contribution is -2.48. The minimum absolute atomic E-state index is 0.00697. The topological polar surface area (TPSA) is 72.6 Å². The van der Waals surface area contributed by atoms with Gasteiger partial charge in [0.1, 0.15) is 6.04 Å². The number of hydrogen-bond acceptors (Lipinski definition) is 4. The zero-order chi connectivity index (χ0) is 15.2. The lowest BCUT2D eigenvalue weighted by Gasteiger charge is -2.33. The highest BCUT2D eigenvalue weighted by Crippen LogP contribution is 2.20. The zero-order valence-electron chi connectivity index (χ0n) is 12.4. The van der Waals surface area contributed by atoms with E-state index in [0.717, 1.165) is 18.4 Å². The number of ether oxygens (including phenoxy) is 1. The summed E-state index contributed by atoms with van der Waals surface area (Å²) >= 11 is 0. The molecule has 5 nitrogen and oxygen atoms in total. The molecule has 1 atom stereocenters. The molecule has 1 amide bonds. The second kappa shape index (κ2) is 7.11. The van der Waals surface area contributed by atoms with Crippen molar-refractivity contribution >= 4 is 17.6 Å². The third-order valence-electron chi connectivity index (χ3n) is 3.87. The van der Waals surface area contributed by atoms with Crippen LogP contribution in [-0.2, 0) is 20.7 Å². The number of nitrogen functional groups attached to an aromatic ring is 1. The third kappa shape index (κ3) is 3.97. The first kappa shape index (κ1) is 15.4. The van der Waals surface area contributed by atoms with E-state index in [1.807, 2.05) is 24.3 Å². The summed E-state index contributed by atoms with van der Waals surface area (Å²) in [7, 11) is 1.37. The van der Waals surface area contributed by atoms with Crippen LogP contribution in [0.2, 0.25) is 0 Å². The van der Waals surface area contributed by atoms with Crippen LogP contribution < -0.4 is 5.73 Å². The Morgan fingerprint density at radius 3 is 2.90 bits per heavy atom. The van der Waals surface area contributed by atoms with Crippen molar-refractivity contribution in [1.29, 1.82) is 0 Å². The van der Waals surface area contributed by atoms with Crippen molar-refractivity contribution in [1.82, 2.24) is 4.90 Å². The van der Waals surface area contributed by atoms with Gasteiger partial charge in [-0.1, -0.05) is 12.1 Å². The maximum atomic E-state index is 12.4. The van der Waals surface area contributed by atoms with Crippen LogP contribution in [0.1, 0.15) is 31.2 Å². The zero-order valence-corrected chi connectivity index (χ0v) is 12.4. The minimum Gasteiger partial charge on any atom is -0.467 e. The molecule has 2 rings (SSSR count). The fourth-order valence-electron chi connectivity index (χ4n) is 2.75. The average Bonchev–Trinajstić information content (AvgIpc) is 2.52. The Labute approximate surface area is 125 Å².